The molecule has 8 heteroatoms. The summed E-state index contributed by atoms with van der Waals surface area (Å²) in [5, 5.41) is 19.0. The number of rotatable bonds is 7. The Bertz CT molecular complexity index is 935. The number of hydrogen-bond donors (Lipinski definition) is 0. The van der Waals surface area contributed by atoms with Crippen LogP contribution < -0.4 is 4.90 Å². The van der Waals surface area contributed by atoms with Crippen LogP contribution >= 0.6 is 0 Å². The summed E-state index contributed by atoms with van der Waals surface area (Å²) in [6.45, 7) is 2.74. The van der Waals surface area contributed by atoms with Crippen molar-refractivity contribution in [3.05, 3.63) is 70.1 Å². The summed E-state index contributed by atoms with van der Waals surface area (Å²) in [6, 6.07) is 14.4. The molecule has 3 aromatic rings. The van der Waals surface area contributed by atoms with Gasteiger partial charge in [0.05, 0.1) is 11.0 Å². The summed E-state index contributed by atoms with van der Waals surface area (Å²) in [5.41, 5.74) is 3.02. The topological polar surface area (TPSA) is 88.5 Å². The Balaban J connectivity index is 1.68. The van der Waals surface area contributed by atoms with Gasteiger partial charge < -0.3 is 9.32 Å². The largest absolute Gasteiger partial charge is 0.419 e. The molecule has 28 heavy (non-hydrogen) atoms. The molecule has 0 bridgehead atoms. The second-order valence-corrected chi connectivity index (χ2v) is 6.90. The van der Waals surface area contributed by atoms with Gasteiger partial charge in [-0.25, -0.2) is 0 Å². The van der Waals surface area contributed by atoms with Crippen LogP contribution in [0.15, 0.2) is 52.9 Å². The molecule has 0 aliphatic carbocycles. The van der Waals surface area contributed by atoms with Crippen LogP contribution in [0.3, 0.4) is 0 Å². The van der Waals surface area contributed by atoms with Gasteiger partial charge in [0.2, 0.25) is 11.8 Å². The lowest BCUT2D eigenvalue weighted by Gasteiger charge is -2.22. The van der Waals surface area contributed by atoms with Crippen molar-refractivity contribution in [2.45, 2.75) is 19.5 Å². The zero-order valence-corrected chi connectivity index (χ0v) is 16.4. The average molecular weight is 381 g/mol. The molecule has 0 amide bonds. The molecule has 0 aliphatic heterocycles. The molecule has 146 valence electrons. The third kappa shape index (κ3) is 4.34. The van der Waals surface area contributed by atoms with Gasteiger partial charge in [-0.2, -0.15) is 0 Å². The Morgan fingerprint density at radius 2 is 1.68 bits per heavy atom. The smallest absolute Gasteiger partial charge is 0.269 e. The maximum Gasteiger partial charge on any atom is 0.269 e. The first-order valence-electron chi connectivity index (χ1n) is 8.90. The van der Waals surface area contributed by atoms with Crippen LogP contribution in [0.5, 0.6) is 0 Å². The van der Waals surface area contributed by atoms with Crippen molar-refractivity contribution in [2.75, 3.05) is 26.0 Å². The molecule has 0 unspecified atom stereocenters. The van der Waals surface area contributed by atoms with Gasteiger partial charge in [0.15, 0.2) is 0 Å². The van der Waals surface area contributed by atoms with Crippen molar-refractivity contribution in [1.82, 2.24) is 15.1 Å². The summed E-state index contributed by atoms with van der Waals surface area (Å²) in [6.07, 6.45) is 0. The number of anilines is 1. The maximum absolute atomic E-state index is 10.8. The van der Waals surface area contributed by atoms with E-state index in [1.165, 1.54) is 17.7 Å². The first kappa shape index (κ1) is 19.5. The van der Waals surface area contributed by atoms with Crippen LogP contribution in [0, 0.1) is 10.1 Å². The Kier molecular flexibility index (Phi) is 5.70. The summed E-state index contributed by atoms with van der Waals surface area (Å²) in [7, 11) is 6.03. The van der Waals surface area contributed by atoms with Crippen LogP contribution in [0.1, 0.15) is 24.4 Å². The molecular weight excluding hydrogens is 358 g/mol. The van der Waals surface area contributed by atoms with Gasteiger partial charge in [-0.1, -0.05) is 12.1 Å². The number of aromatic nitrogens is 2. The van der Waals surface area contributed by atoms with Gasteiger partial charge in [-0.3, -0.25) is 15.0 Å². The second kappa shape index (κ2) is 8.18. The Labute approximate surface area is 163 Å². The van der Waals surface area contributed by atoms with Gasteiger partial charge >= 0.3 is 0 Å². The highest BCUT2D eigenvalue weighted by Gasteiger charge is 2.19. The molecule has 0 radical (unpaired) electrons. The van der Waals surface area contributed by atoms with Gasteiger partial charge in [0.1, 0.15) is 0 Å². The maximum atomic E-state index is 10.8. The van der Waals surface area contributed by atoms with Gasteiger partial charge in [-0.15, -0.1) is 10.2 Å². The lowest BCUT2D eigenvalue weighted by atomic mass is 10.1. The molecule has 1 heterocycles. The summed E-state index contributed by atoms with van der Waals surface area (Å²) in [5.74, 6) is 0.848. The normalized spacial score (nSPS) is 12.2. The van der Waals surface area contributed by atoms with Gasteiger partial charge in [0.25, 0.3) is 5.69 Å². The molecule has 8 nitrogen and oxygen atoms in total. The number of hydrogen-bond acceptors (Lipinski definition) is 7. The first-order chi connectivity index (χ1) is 13.3. The van der Waals surface area contributed by atoms with Crippen LogP contribution in [0.4, 0.5) is 11.4 Å². The van der Waals surface area contributed by atoms with E-state index in [1.54, 1.807) is 12.1 Å². The van der Waals surface area contributed by atoms with Gasteiger partial charge in [-0.05, 0) is 43.8 Å². The van der Waals surface area contributed by atoms with Crippen LogP contribution in [-0.2, 0) is 6.54 Å². The van der Waals surface area contributed by atoms with Crippen molar-refractivity contribution in [3.63, 3.8) is 0 Å². The monoisotopic (exact) mass is 381 g/mol. The van der Waals surface area contributed by atoms with E-state index < -0.39 is 4.92 Å². The SMILES string of the molecule is C[C@H](c1nnc(-c2ccc([N+](=O)[O-])cc2)o1)N(C)Cc1ccc(N(C)C)cc1. The van der Waals surface area contributed by atoms with Crippen LogP contribution in [0.2, 0.25) is 0 Å². The van der Waals surface area contributed by atoms with Crippen molar-refractivity contribution in [2.24, 2.45) is 0 Å². The Hall–Kier alpha value is -3.26. The van der Waals surface area contributed by atoms with E-state index in [1.807, 2.05) is 28.1 Å². The summed E-state index contributed by atoms with van der Waals surface area (Å²) in [4.78, 5) is 14.5. The lowest BCUT2D eigenvalue weighted by Crippen LogP contribution is -2.22. The third-order valence-electron chi connectivity index (χ3n) is 4.67. The molecule has 0 spiro atoms. The minimum Gasteiger partial charge on any atom is -0.419 e. The zero-order chi connectivity index (χ0) is 20.3. The molecule has 1 atom stereocenters. The fourth-order valence-electron chi connectivity index (χ4n) is 2.76. The Morgan fingerprint density at radius 3 is 2.25 bits per heavy atom. The molecule has 0 saturated carbocycles. The second-order valence-electron chi connectivity index (χ2n) is 6.90. The minimum atomic E-state index is -0.439. The predicted octanol–water partition coefficient (Wildman–Crippen LogP) is 3.90. The highest BCUT2D eigenvalue weighted by Crippen LogP contribution is 2.26. The van der Waals surface area contributed by atoms with E-state index in [4.69, 9.17) is 4.42 Å². The molecule has 0 aliphatic rings. The van der Waals surface area contributed by atoms with Crippen molar-refractivity contribution in [1.29, 1.82) is 0 Å². The quantitative estimate of drug-likeness (QED) is 0.453. The number of nitro benzene ring substituents is 1. The van der Waals surface area contributed by atoms with E-state index in [0.29, 0.717) is 17.3 Å². The van der Waals surface area contributed by atoms with Crippen molar-refractivity contribution >= 4 is 11.4 Å². The van der Waals surface area contributed by atoms with Crippen LogP contribution in [0.25, 0.3) is 11.5 Å². The fourth-order valence-corrected chi connectivity index (χ4v) is 2.76. The van der Waals surface area contributed by atoms with E-state index >= 15 is 0 Å². The van der Waals surface area contributed by atoms with E-state index in [9.17, 15) is 10.1 Å². The van der Waals surface area contributed by atoms with E-state index in [0.717, 1.165) is 12.2 Å². The number of benzene rings is 2. The highest BCUT2D eigenvalue weighted by atomic mass is 16.6. The Morgan fingerprint density at radius 1 is 1.04 bits per heavy atom. The first-order valence-corrected chi connectivity index (χ1v) is 8.90. The van der Waals surface area contributed by atoms with Crippen molar-refractivity contribution < 1.29 is 9.34 Å². The van der Waals surface area contributed by atoms with Gasteiger partial charge in [0, 0.05) is 44.0 Å². The van der Waals surface area contributed by atoms with E-state index in [-0.39, 0.29) is 11.7 Å². The fraction of sp³-hybridized carbons (Fsp3) is 0.300. The molecule has 3 rings (SSSR count). The number of nitrogens with zero attached hydrogens (tertiary/aromatic N) is 5. The van der Waals surface area contributed by atoms with E-state index in [2.05, 4.69) is 44.3 Å². The molecule has 2 aromatic carbocycles. The number of non-ortho nitro benzene ring substituents is 1. The molecular formula is C20H23N5O3. The molecule has 0 saturated heterocycles. The average Bonchev–Trinajstić information content (AvgIpc) is 3.18. The molecule has 0 N–H and O–H groups in total. The minimum absolute atomic E-state index is 0.0249. The number of nitro groups is 1. The van der Waals surface area contributed by atoms with Crippen LogP contribution in [-0.4, -0.2) is 41.2 Å². The summed E-state index contributed by atoms with van der Waals surface area (Å²) >= 11 is 0. The summed E-state index contributed by atoms with van der Waals surface area (Å²) < 4.78 is 5.80. The highest BCUT2D eigenvalue weighted by molar-refractivity contribution is 5.55. The molecule has 1 aromatic heterocycles. The zero-order valence-electron chi connectivity index (χ0n) is 16.4. The lowest BCUT2D eigenvalue weighted by molar-refractivity contribution is -0.384. The third-order valence-corrected chi connectivity index (χ3v) is 4.67. The standard InChI is InChI=1S/C20H23N5O3/c1-14(24(4)13-15-5-9-17(10-6-15)23(2)3)19-21-22-20(28-19)16-7-11-18(12-8-16)25(26)27/h5-12,14H,13H2,1-4H3/t14-/m1/s1. The van der Waals surface area contributed by atoms with Crippen molar-refractivity contribution in [3.8, 4) is 11.5 Å². The molecule has 0 fully saturated rings. The predicted molar refractivity (Wildman–Crippen MR) is 107 cm³/mol.